The highest BCUT2D eigenvalue weighted by Crippen LogP contribution is 2.34. The first kappa shape index (κ1) is 22.1. The van der Waals surface area contributed by atoms with Gasteiger partial charge >= 0.3 is 5.97 Å². The van der Waals surface area contributed by atoms with Crippen molar-refractivity contribution in [3.8, 4) is 0 Å². The lowest BCUT2D eigenvalue weighted by Gasteiger charge is -2.27. The van der Waals surface area contributed by atoms with Gasteiger partial charge in [0.2, 0.25) is 0 Å². The topological polar surface area (TPSA) is 44.8 Å². The zero-order chi connectivity index (χ0) is 23.2. The van der Waals surface area contributed by atoms with Gasteiger partial charge < -0.3 is 14.2 Å². The minimum atomic E-state index is -0.847. The van der Waals surface area contributed by atoms with Crippen LogP contribution >= 0.6 is 0 Å². The molecule has 4 aromatic rings. The Morgan fingerprint density at radius 1 is 0.559 bits per heavy atom. The summed E-state index contributed by atoms with van der Waals surface area (Å²) >= 11 is 0. The third-order valence-corrected chi connectivity index (χ3v) is 5.96. The summed E-state index contributed by atoms with van der Waals surface area (Å²) in [6, 6.07) is 39.8. The first-order valence-electron chi connectivity index (χ1n) is 11.5. The minimum absolute atomic E-state index is 0.149. The molecule has 0 bridgehead atoms. The zero-order valence-electron chi connectivity index (χ0n) is 18.7. The van der Waals surface area contributed by atoms with Gasteiger partial charge in [-0.15, -0.1) is 0 Å². The SMILES string of the molecule is O=C1OC[C@H](OC(c2ccccc2)c2ccccc2)[C@@H]1OC(c1ccccc1)c1ccccc1. The van der Waals surface area contributed by atoms with E-state index in [4.69, 9.17) is 14.2 Å². The Morgan fingerprint density at radius 2 is 0.912 bits per heavy atom. The Balaban J connectivity index is 1.44. The van der Waals surface area contributed by atoms with Crippen molar-refractivity contribution in [3.63, 3.8) is 0 Å². The molecule has 1 saturated heterocycles. The maximum Gasteiger partial charge on any atom is 0.338 e. The number of carbonyl (C=O) groups excluding carboxylic acids is 1. The largest absolute Gasteiger partial charge is 0.461 e. The Hall–Kier alpha value is -3.73. The predicted octanol–water partition coefficient (Wildman–Crippen LogP) is 5.89. The van der Waals surface area contributed by atoms with Crippen molar-refractivity contribution in [2.24, 2.45) is 0 Å². The van der Waals surface area contributed by atoms with Crippen molar-refractivity contribution in [2.45, 2.75) is 24.4 Å². The van der Waals surface area contributed by atoms with Gasteiger partial charge in [0.05, 0.1) is 0 Å². The third kappa shape index (κ3) is 4.93. The van der Waals surface area contributed by atoms with Crippen LogP contribution in [0.3, 0.4) is 0 Å². The van der Waals surface area contributed by atoms with Crippen LogP contribution in [0, 0.1) is 0 Å². The highest BCUT2D eigenvalue weighted by Gasteiger charge is 2.42. The average molecular weight is 451 g/mol. The number of esters is 1. The van der Waals surface area contributed by atoms with Gasteiger partial charge in [0.1, 0.15) is 24.9 Å². The Morgan fingerprint density at radius 3 is 1.29 bits per heavy atom. The molecule has 4 aromatic carbocycles. The molecule has 0 aromatic heterocycles. The van der Waals surface area contributed by atoms with E-state index >= 15 is 0 Å². The Labute approximate surface area is 199 Å². The van der Waals surface area contributed by atoms with Crippen molar-refractivity contribution >= 4 is 5.97 Å². The van der Waals surface area contributed by atoms with Crippen LogP contribution in [-0.2, 0) is 19.0 Å². The van der Waals surface area contributed by atoms with Crippen LogP contribution in [0.2, 0.25) is 0 Å². The van der Waals surface area contributed by atoms with Crippen LogP contribution in [0.5, 0.6) is 0 Å². The van der Waals surface area contributed by atoms with E-state index in [1.54, 1.807) is 0 Å². The molecule has 1 heterocycles. The van der Waals surface area contributed by atoms with Crippen molar-refractivity contribution in [1.82, 2.24) is 0 Å². The van der Waals surface area contributed by atoms with Gasteiger partial charge in [-0.2, -0.15) is 0 Å². The molecule has 0 unspecified atom stereocenters. The lowest BCUT2D eigenvalue weighted by atomic mass is 10.00. The van der Waals surface area contributed by atoms with Gasteiger partial charge in [0.15, 0.2) is 6.10 Å². The molecule has 0 amide bonds. The van der Waals surface area contributed by atoms with Crippen LogP contribution in [0.1, 0.15) is 34.5 Å². The van der Waals surface area contributed by atoms with E-state index in [1.807, 2.05) is 121 Å². The lowest BCUT2D eigenvalue weighted by Crippen LogP contribution is -2.35. The van der Waals surface area contributed by atoms with Gasteiger partial charge in [-0.05, 0) is 22.3 Å². The first-order chi connectivity index (χ1) is 16.8. The fourth-order valence-electron chi connectivity index (χ4n) is 4.27. The normalized spacial score (nSPS) is 17.8. The molecule has 0 N–H and O–H groups in total. The molecule has 1 aliphatic rings. The van der Waals surface area contributed by atoms with Crippen molar-refractivity contribution in [3.05, 3.63) is 144 Å². The molecule has 1 fully saturated rings. The van der Waals surface area contributed by atoms with Crippen LogP contribution < -0.4 is 0 Å². The monoisotopic (exact) mass is 450 g/mol. The number of rotatable bonds is 8. The van der Waals surface area contributed by atoms with Crippen molar-refractivity contribution in [2.75, 3.05) is 6.61 Å². The van der Waals surface area contributed by atoms with Gasteiger partial charge in [0, 0.05) is 0 Å². The number of cyclic esters (lactones) is 1. The standard InChI is InChI=1S/C30H26O4/c31-30-29(34-28(24-17-9-3-10-18-24)25-19-11-4-12-20-25)26(21-32-30)33-27(22-13-5-1-6-14-22)23-15-7-2-8-16-23/h1-20,26-29H,21H2/t26-,29-/m0/s1. The molecule has 2 atom stereocenters. The Bertz CT molecular complexity index is 1100. The first-order valence-corrected chi connectivity index (χ1v) is 11.5. The van der Waals surface area contributed by atoms with Gasteiger partial charge in [-0.25, -0.2) is 4.79 Å². The molecule has 0 radical (unpaired) electrons. The van der Waals surface area contributed by atoms with Crippen LogP contribution in [0.4, 0.5) is 0 Å². The quantitative estimate of drug-likeness (QED) is 0.314. The van der Waals surface area contributed by atoms with E-state index in [0.29, 0.717) is 0 Å². The summed E-state index contributed by atoms with van der Waals surface area (Å²) < 4.78 is 18.5. The maximum absolute atomic E-state index is 12.8. The smallest absolute Gasteiger partial charge is 0.338 e. The molecule has 0 aliphatic carbocycles. The predicted molar refractivity (Wildman–Crippen MR) is 130 cm³/mol. The van der Waals surface area contributed by atoms with Crippen LogP contribution in [0.25, 0.3) is 0 Å². The molecule has 170 valence electrons. The molecular weight excluding hydrogens is 424 g/mol. The summed E-state index contributed by atoms with van der Waals surface area (Å²) in [6.07, 6.45) is -2.16. The highest BCUT2D eigenvalue weighted by atomic mass is 16.6. The molecular formula is C30H26O4. The molecule has 1 aliphatic heterocycles. The summed E-state index contributed by atoms with van der Waals surface area (Å²) in [5.74, 6) is -0.401. The fraction of sp³-hybridized carbons (Fsp3) is 0.167. The second kappa shape index (κ2) is 10.5. The zero-order valence-corrected chi connectivity index (χ0v) is 18.7. The summed E-state index contributed by atoms with van der Waals surface area (Å²) in [4.78, 5) is 12.8. The highest BCUT2D eigenvalue weighted by molar-refractivity contribution is 5.77. The molecule has 5 rings (SSSR count). The number of benzene rings is 4. The second-order valence-electron chi connectivity index (χ2n) is 8.26. The molecule has 4 nitrogen and oxygen atoms in total. The number of carbonyl (C=O) groups is 1. The van der Waals surface area contributed by atoms with E-state index in [1.165, 1.54) is 0 Å². The van der Waals surface area contributed by atoms with E-state index in [2.05, 4.69) is 0 Å². The summed E-state index contributed by atoms with van der Waals surface area (Å²) in [5, 5.41) is 0. The lowest BCUT2D eigenvalue weighted by molar-refractivity contribution is -0.152. The number of hydrogen-bond acceptors (Lipinski definition) is 4. The van der Waals surface area contributed by atoms with Gasteiger partial charge in [-0.3, -0.25) is 0 Å². The molecule has 0 spiro atoms. The van der Waals surface area contributed by atoms with E-state index in [0.717, 1.165) is 22.3 Å². The Kier molecular flexibility index (Phi) is 6.80. The van der Waals surface area contributed by atoms with E-state index in [9.17, 15) is 4.79 Å². The van der Waals surface area contributed by atoms with Gasteiger partial charge in [0.25, 0.3) is 0 Å². The fourth-order valence-corrected chi connectivity index (χ4v) is 4.27. The second-order valence-corrected chi connectivity index (χ2v) is 8.26. The molecule has 34 heavy (non-hydrogen) atoms. The molecule has 0 saturated carbocycles. The minimum Gasteiger partial charge on any atom is -0.461 e. The van der Waals surface area contributed by atoms with Crippen LogP contribution in [-0.4, -0.2) is 24.8 Å². The third-order valence-electron chi connectivity index (χ3n) is 5.96. The van der Waals surface area contributed by atoms with Gasteiger partial charge in [-0.1, -0.05) is 121 Å². The summed E-state index contributed by atoms with van der Waals surface area (Å²) in [5.41, 5.74) is 3.95. The van der Waals surface area contributed by atoms with E-state index in [-0.39, 0.29) is 12.7 Å². The van der Waals surface area contributed by atoms with Crippen molar-refractivity contribution in [1.29, 1.82) is 0 Å². The average Bonchev–Trinajstić information content (AvgIpc) is 3.26. The number of ether oxygens (including phenoxy) is 3. The summed E-state index contributed by atoms with van der Waals surface area (Å²) in [6.45, 7) is 0.149. The summed E-state index contributed by atoms with van der Waals surface area (Å²) in [7, 11) is 0. The van der Waals surface area contributed by atoms with Crippen molar-refractivity contribution < 1.29 is 19.0 Å². The maximum atomic E-state index is 12.8. The van der Waals surface area contributed by atoms with E-state index < -0.39 is 24.3 Å². The number of hydrogen-bond donors (Lipinski definition) is 0. The van der Waals surface area contributed by atoms with Crippen LogP contribution in [0.15, 0.2) is 121 Å². The molecule has 4 heteroatoms.